The minimum Gasteiger partial charge on any atom is -0.457 e. The average Bonchev–Trinajstić information content (AvgIpc) is 3.28. The van der Waals surface area contributed by atoms with Gasteiger partial charge in [-0.05, 0) is 60.0 Å². The number of primary amides is 1. The van der Waals surface area contributed by atoms with E-state index in [1.165, 1.54) is 4.88 Å². The molecule has 154 valence electrons. The van der Waals surface area contributed by atoms with Crippen molar-refractivity contribution >= 4 is 23.2 Å². The Hall–Kier alpha value is -3.16. The van der Waals surface area contributed by atoms with Crippen LogP contribution in [0.25, 0.3) is 0 Å². The lowest BCUT2D eigenvalue weighted by Crippen LogP contribution is -2.48. The first kappa shape index (κ1) is 20.1. The number of thiophene rings is 1. The number of amides is 2. The van der Waals surface area contributed by atoms with Crippen LogP contribution in [0, 0.1) is 0 Å². The molecule has 6 nitrogen and oxygen atoms in total. The first-order chi connectivity index (χ1) is 14.6. The Kier molecular flexibility index (Phi) is 6.11. The van der Waals surface area contributed by atoms with Gasteiger partial charge in [0.05, 0.1) is 0 Å². The van der Waals surface area contributed by atoms with Gasteiger partial charge < -0.3 is 15.4 Å². The van der Waals surface area contributed by atoms with Crippen molar-refractivity contribution < 1.29 is 14.3 Å². The quantitative estimate of drug-likeness (QED) is 0.660. The molecular weight excluding hydrogens is 398 g/mol. The van der Waals surface area contributed by atoms with Crippen LogP contribution >= 0.6 is 11.3 Å². The summed E-state index contributed by atoms with van der Waals surface area (Å²) in [4.78, 5) is 29.6. The Labute approximate surface area is 179 Å². The molecule has 0 radical (unpaired) electrons. The topological polar surface area (TPSA) is 75.9 Å². The summed E-state index contributed by atoms with van der Waals surface area (Å²) >= 11 is 1.77. The molecule has 1 fully saturated rings. The van der Waals surface area contributed by atoms with Crippen molar-refractivity contribution in [1.82, 2.24) is 9.80 Å². The molecule has 1 aromatic heterocycles. The SMILES string of the molecule is NC(=O)c1ccc(Oc2ccc(C(=O)N3CCN(Cc4cccs4)CC3)cc2)cc1. The molecule has 1 aliphatic rings. The Bertz CT molecular complexity index is 993. The van der Waals surface area contributed by atoms with Crippen molar-refractivity contribution in [2.45, 2.75) is 6.54 Å². The summed E-state index contributed by atoms with van der Waals surface area (Å²) in [6, 6.07) is 18.0. The molecule has 30 heavy (non-hydrogen) atoms. The molecule has 0 spiro atoms. The Morgan fingerprint density at radius 1 is 0.867 bits per heavy atom. The summed E-state index contributed by atoms with van der Waals surface area (Å²) in [5.41, 5.74) is 6.32. The van der Waals surface area contributed by atoms with E-state index in [0.29, 0.717) is 22.6 Å². The fourth-order valence-electron chi connectivity index (χ4n) is 3.40. The molecule has 0 unspecified atom stereocenters. The van der Waals surface area contributed by atoms with Gasteiger partial charge in [0, 0.05) is 48.7 Å². The monoisotopic (exact) mass is 421 g/mol. The second kappa shape index (κ2) is 9.11. The van der Waals surface area contributed by atoms with Crippen LogP contribution in [0.4, 0.5) is 0 Å². The van der Waals surface area contributed by atoms with Gasteiger partial charge in [0.1, 0.15) is 11.5 Å². The van der Waals surface area contributed by atoms with Crippen molar-refractivity contribution in [3.63, 3.8) is 0 Å². The fourth-order valence-corrected chi connectivity index (χ4v) is 4.15. The number of carbonyl (C=O) groups is 2. The highest BCUT2D eigenvalue weighted by Gasteiger charge is 2.22. The molecule has 1 aliphatic heterocycles. The molecule has 0 atom stereocenters. The summed E-state index contributed by atoms with van der Waals surface area (Å²) in [6.07, 6.45) is 0. The second-order valence-corrected chi connectivity index (χ2v) is 8.20. The van der Waals surface area contributed by atoms with Crippen LogP contribution in [0.1, 0.15) is 25.6 Å². The maximum Gasteiger partial charge on any atom is 0.253 e. The van der Waals surface area contributed by atoms with Crippen LogP contribution < -0.4 is 10.5 Å². The van der Waals surface area contributed by atoms with Crippen molar-refractivity contribution in [2.24, 2.45) is 5.73 Å². The summed E-state index contributed by atoms with van der Waals surface area (Å²) in [7, 11) is 0. The normalized spacial score (nSPS) is 14.5. The van der Waals surface area contributed by atoms with Crippen molar-refractivity contribution in [3.8, 4) is 11.5 Å². The lowest BCUT2D eigenvalue weighted by molar-refractivity contribution is 0.0629. The molecule has 3 aromatic rings. The van der Waals surface area contributed by atoms with Crippen LogP contribution in [0.3, 0.4) is 0 Å². The number of hydrogen-bond donors (Lipinski definition) is 1. The van der Waals surface area contributed by atoms with E-state index in [4.69, 9.17) is 10.5 Å². The molecule has 2 amide bonds. The lowest BCUT2D eigenvalue weighted by atomic mass is 10.1. The summed E-state index contributed by atoms with van der Waals surface area (Å²) in [5, 5.41) is 2.10. The average molecular weight is 422 g/mol. The molecular formula is C23H23N3O3S. The minimum atomic E-state index is -0.475. The number of nitrogens with two attached hydrogens (primary N) is 1. The molecule has 7 heteroatoms. The molecule has 2 N–H and O–H groups in total. The molecule has 2 heterocycles. The van der Waals surface area contributed by atoms with E-state index >= 15 is 0 Å². The van der Waals surface area contributed by atoms with Gasteiger partial charge in [-0.3, -0.25) is 14.5 Å². The predicted octanol–water partition coefficient (Wildman–Crippen LogP) is 3.60. The zero-order chi connectivity index (χ0) is 20.9. The Morgan fingerprint density at radius 3 is 2.00 bits per heavy atom. The highest BCUT2D eigenvalue weighted by molar-refractivity contribution is 7.09. The van der Waals surface area contributed by atoms with Gasteiger partial charge >= 0.3 is 0 Å². The molecule has 1 saturated heterocycles. The van der Waals surface area contributed by atoms with E-state index in [0.717, 1.165) is 32.7 Å². The summed E-state index contributed by atoms with van der Waals surface area (Å²) in [5.74, 6) is 0.792. The third-order valence-corrected chi connectivity index (χ3v) is 5.96. The fraction of sp³-hybridized carbons (Fsp3) is 0.217. The van der Waals surface area contributed by atoms with Crippen LogP contribution in [0.5, 0.6) is 11.5 Å². The van der Waals surface area contributed by atoms with Gasteiger partial charge in [0.15, 0.2) is 0 Å². The third-order valence-electron chi connectivity index (χ3n) is 5.09. The highest BCUT2D eigenvalue weighted by Crippen LogP contribution is 2.23. The molecule has 4 rings (SSSR count). The number of benzene rings is 2. The van der Waals surface area contributed by atoms with Gasteiger partial charge in [-0.25, -0.2) is 0 Å². The van der Waals surface area contributed by atoms with Gasteiger partial charge in [0.2, 0.25) is 5.91 Å². The lowest BCUT2D eigenvalue weighted by Gasteiger charge is -2.34. The van der Waals surface area contributed by atoms with E-state index in [1.807, 2.05) is 4.90 Å². The smallest absolute Gasteiger partial charge is 0.253 e. The number of rotatable bonds is 6. The van der Waals surface area contributed by atoms with E-state index in [-0.39, 0.29) is 5.91 Å². The highest BCUT2D eigenvalue weighted by atomic mass is 32.1. The zero-order valence-corrected chi connectivity index (χ0v) is 17.3. The maximum atomic E-state index is 12.8. The van der Waals surface area contributed by atoms with Crippen molar-refractivity contribution in [1.29, 1.82) is 0 Å². The largest absolute Gasteiger partial charge is 0.457 e. The Morgan fingerprint density at radius 2 is 1.47 bits per heavy atom. The van der Waals surface area contributed by atoms with E-state index in [2.05, 4.69) is 22.4 Å². The number of piperazine rings is 1. The van der Waals surface area contributed by atoms with Gasteiger partial charge in [-0.1, -0.05) is 6.07 Å². The van der Waals surface area contributed by atoms with Crippen LogP contribution in [-0.2, 0) is 6.54 Å². The minimum absolute atomic E-state index is 0.0446. The number of nitrogens with zero attached hydrogens (tertiary/aromatic N) is 2. The number of hydrogen-bond acceptors (Lipinski definition) is 5. The van der Waals surface area contributed by atoms with E-state index in [9.17, 15) is 9.59 Å². The van der Waals surface area contributed by atoms with Gasteiger partial charge in [-0.15, -0.1) is 11.3 Å². The first-order valence-corrected chi connectivity index (χ1v) is 10.7. The van der Waals surface area contributed by atoms with Crippen LogP contribution in [-0.4, -0.2) is 47.8 Å². The molecule has 0 bridgehead atoms. The van der Waals surface area contributed by atoms with Gasteiger partial charge in [-0.2, -0.15) is 0 Å². The molecule has 0 aliphatic carbocycles. The summed E-state index contributed by atoms with van der Waals surface area (Å²) in [6.45, 7) is 4.17. The first-order valence-electron chi connectivity index (χ1n) is 9.80. The predicted molar refractivity (Wildman–Crippen MR) is 117 cm³/mol. The zero-order valence-electron chi connectivity index (χ0n) is 16.5. The van der Waals surface area contributed by atoms with E-state index in [1.54, 1.807) is 59.9 Å². The van der Waals surface area contributed by atoms with Crippen LogP contribution in [0.2, 0.25) is 0 Å². The summed E-state index contributed by atoms with van der Waals surface area (Å²) < 4.78 is 5.77. The third kappa shape index (κ3) is 4.87. The molecule has 2 aromatic carbocycles. The van der Waals surface area contributed by atoms with Crippen molar-refractivity contribution in [3.05, 3.63) is 82.0 Å². The maximum absolute atomic E-state index is 12.8. The molecule has 0 saturated carbocycles. The number of carbonyl (C=O) groups excluding carboxylic acids is 2. The number of ether oxygens (including phenoxy) is 1. The van der Waals surface area contributed by atoms with Crippen molar-refractivity contribution in [2.75, 3.05) is 26.2 Å². The van der Waals surface area contributed by atoms with Crippen LogP contribution in [0.15, 0.2) is 66.0 Å². The van der Waals surface area contributed by atoms with Gasteiger partial charge in [0.25, 0.3) is 5.91 Å². The second-order valence-electron chi connectivity index (χ2n) is 7.16. The van der Waals surface area contributed by atoms with E-state index < -0.39 is 5.91 Å². The Balaban J connectivity index is 1.31. The standard InChI is InChI=1S/C23H23N3O3S/c24-22(27)17-3-7-19(8-4-17)29-20-9-5-18(6-10-20)23(28)26-13-11-25(12-14-26)16-21-2-1-15-30-21/h1-10,15H,11-14,16H2,(H2,24,27).